The first-order valence-corrected chi connectivity index (χ1v) is 8.97. The first kappa shape index (κ1) is 16.8. The maximum Gasteiger partial charge on any atom is 0.183 e. The van der Waals surface area contributed by atoms with Gasteiger partial charge in [-0.15, -0.1) is 0 Å². The van der Waals surface area contributed by atoms with Crippen molar-refractivity contribution in [2.24, 2.45) is 4.99 Å². The minimum absolute atomic E-state index is 0.0441. The lowest BCUT2D eigenvalue weighted by atomic mass is 9.72. The minimum atomic E-state index is -0.0441. The quantitative estimate of drug-likeness (QED) is 0.592. The summed E-state index contributed by atoms with van der Waals surface area (Å²) in [5, 5.41) is 0. The molecule has 0 N–H and O–H groups in total. The summed E-state index contributed by atoms with van der Waals surface area (Å²) in [6.07, 6.45) is 4.35. The van der Waals surface area contributed by atoms with Crippen LogP contribution in [0.3, 0.4) is 0 Å². The van der Waals surface area contributed by atoms with Crippen molar-refractivity contribution in [2.45, 2.75) is 64.3 Å². The van der Waals surface area contributed by atoms with Gasteiger partial charge < -0.3 is 4.74 Å². The molecule has 0 spiro atoms. The van der Waals surface area contributed by atoms with Gasteiger partial charge in [0.25, 0.3) is 0 Å². The molecule has 1 aliphatic heterocycles. The van der Waals surface area contributed by atoms with E-state index in [-0.39, 0.29) is 11.0 Å². The van der Waals surface area contributed by atoms with Crippen LogP contribution in [0.15, 0.2) is 29.3 Å². The van der Waals surface area contributed by atoms with E-state index in [1.54, 1.807) is 0 Å². The molecule has 0 aliphatic carbocycles. The Hall–Kier alpha value is -0.580. The molecule has 0 bridgehead atoms. The van der Waals surface area contributed by atoms with Gasteiger partial charge in [0, 0.05) is 9.99 Å². The lowest BCUT2D eigenvalue weighted by Crippen LogP contribution is -2.26. The van der Waals surface area contributed by atoms with Crippen LogP contribution >= 0.6 is 22.6 Å². The van der Waals surface area contributed by atoms with Crippen LogP contribution in [0, 0.1) is 3.57 Å². The third kappa shape index (κ3) is 3.79. The molecule has 116 valence electrons. The molecule has 2 nitrogen and oxygen atoms in total. The molecule has 0 amide bonds. The fourth-order valence-corrected chi connectivity index (χ4v) is 4.11. The lowest BCUT2D eigenvalue weighted by Gasteiger charge is -2.33. The van der Waals surface area contributed by atoms with Crippen molar-refractivity contribution in [1.29, 1.82) is 0 Å². The van der Waals surface area contributed by atoms with Crippen LogP contribution in [0.1, 0.15) is 58.9 Å². The van der Waals surface area contributed by atoms with E-state index >= 15 is 0 Å². The number of hydrogen-bond donors (Lipinski definition) is 0. The van der Waals surface area contributed by atoms with E-state index in [1.165, 1.54) is 9.13 Å². The van der Waals surface area contributed by atoms with Crippen LogP contribution in [0.5, 0.6) is 0 Å². The van der Waals surface area contributed by atoms with Crippen molar-refractivity contribution in [3.05, 3.63) is 33.4 Å². The third-order valence-electron chi connectivity index (χ3n) is 4.64. The van der Waals surface area contributed by atoms with Gasteiger partial charge in [-0.3, -0.25) is 0 Å². The van der Waals surface area contributed by atoms with Crippen LogP contribution < -0.4 is 0 Å². The van der Waals surface area contributed by atoms with E-state index in [0.29, 0.717) is 0 Å². The number of nitrogens with zero attached hydrogens (tertiary/aromatic N) is 1. The molecule has 0 fully saturated rings. The number of aliphatic imine (C=N–C) groups is 1. The molecule has 2 rings (SSSR count). The first-order valence-electron chi connectivity index (χ1n) is 7.89. The zero-order valence-corrected chi connectivity index (χ0v) is 15.7. The van der Waals surface area contributed by atoms with Gasteiger partial charge in [-0.1, -0.05) is 32.0 Å². The Morgan fingerprint density at radius 1 is 1.24 bits per heavy atom. The molecule has 0 saturated heterocycles. The highest BCUT2D eigenvalue weighted by Crippen LogP contribution is 2.39. The zero-order valence-electron chi connectivity index (χ0n) is 13.6. The molecule has 0 aromatic heterocycles. The molecule has 3 heteroatoms. The normalized spacial score (nSPS) is 17.5. The van der Waals surface area contributed by atoms with Gasteiger partial charge in [-0.25, -0.2) is 4.99 Å². The van der Waals surface area contributed by atoms with Gasteiger partial charge in [-0.2, -0.15) is 0 Å². The van der Waals surface area contributed by atoms with Crippen molar-refractivity contribution in [3.63, 3.8) is 0 Å². The molecular weight excluding hydrogens is 373 g/mol. The first-order chi connectivity index (χ1) is 9.92. The fraction of sp³-hybridized carbons (Fsp3) is 0.611. The van der Waals surface area contributed by atoms with Crippen LogP contribution in [0.2, 0.25) is 0 Å². The van der Waals surface area contributed by atoms with Gasteiger partial charge >= 0.3 is 0 Å². The van der Waals surface area contributed by atoms with Crippen molar-refractivity contribution in [1.82, 2.24) is 0 Å². The van der Waals surface area contributed by atoms with Gasteiger partial charge in [0.05, 0.1) is 5.54 Å². The molecule has 0 saturated carbocycles. The summed E-state index contributed by atoms with van der Waals surface area (Å²) in [6, 6.07) is 8.77. The molecule has 1 heterocycles. The number of benzene rings is 1. The van der Waals surface area contributed by atoms with E-state index in [0.717, 1.165) is 38.2 Å². The average molecular weight is 399 g/mol. The Balaban J connectivity index is 2.18. The molecule has 1 aromatic rings. The van der Waals surface area contributed by atoms with Gasteiger partial charge in [0.1, 0.15) is 6.61 Å². The summed E-state index contributed by atoms with van der Waals surface area (Å²) >= 11 is 2.46. The molecule has 0 unspecified atom stereocenters. The predicted molar refractivity (Wildman–Crippen MR) is 98.1 cm³/mol. The SMILES string of the molecule is CCC(CC)(CCC1=NC(C)(C)CO1)c1ccccc1I. The Labute approximate surface area is 142 Å². The van der Waals surface area contributed by atoms with Gasteiger partial charge in [0.2, 0.25) is 0 Å². The Morgan fingerprint density at radius 2 is 1.90 bits per heavy atom. The fourth-order valence-electron chi connectivity index (χ4n) is 3.15. The Kier molecular flexibility index (Phi) is 5.33. The smallest absolute Gasteiger partial charge is 0.183 e. The predicted octanol–water partition coefficient (Wildman–Crippen LogP) is 5.34. The zero-order chi connectivity index (χ0) is 15.5. The van der Waals surface area contributed by atoms with Crippen molar-refractivity contribution in [2.75, 3.05) is 6.61 Å². The summed E-state index contributed by atoms with van der Waals surface area (Å²) in [7, 11) is 0. The van der Waals surface area contributed by atoms with Crippen LogP contribution in [-0.4, -0.2) is 18.0 Å². The largest absolute Gasteiger partial charge is 0.478 e. The number of halogens is 1. The second-order valence-electron chi connectivity index (χ2n) is 6.57. The monoisotopic (exact) mass is 399 g/mol. The van der Waals surface area contributed by atoms with E-state index in [9.17, 15) is 0 Å². The maximum absolute atomic E-state index is 5.77. The summed E-state index contributed by atoms with van der Waals surface area (Å²) in [6.45, 7) is 9.58. The second kappa shape index (κ2) is 6.67. The van der Waals surface area contributed by atoms with Crippen LogP contribution in [0.25, 0.3) is 0 Å². The van der Waals surface area contributed by atoms with E-state index in [4.69, 9.17) is 9.73 Å². The maximum atomic E-state index is 5.77. The summed E-state index contributed by atoms with van der Waals surface area (Å²) in [5.74, 6) is 0.942. The van der Waals surface area contributed by atoms with Crippen molar-refractivity contribution in [3.8, 4) is 0 Å². The average Bonchev–Trinajstić information content (AvgIpc) is 2.81. The lowest BCUT2D eigenvalue weighted by molar-refractivity contribution is 0.268. The topological polar surface area (TPSA) is 21.6 Å². The highest BCUT2D eigenvalue weighted by molar-refractivity contribution is 14.1. The molecule has 21 heavy (non-hydrogen) atoms. The van der Waals surface area contributed by atoms with Gasteiger partial charge in [0.15, 0.2) is 5.90 Å². The number of rotatable bonds is 6. The van der Waals surface area contributed by atoms with E-state index in [2.05, 4.69) is 74.6 Å². The van der Waals surface area contributed by atoms with Crippen LogP contribution in [-0.2, 0) is 10.2 Å². The summed E-state index contributed by atoms with van der Waals surface area (Å²) < 4.78 is 7.14. The standard InChI is InChI=1S/C18H26INO/c1-5-18(6-2,14-9-7-8-10-15(14)19)12-11-16-20-17(3,4)13-21-16/h7-10H,5-6,11-13H2,1-4H3. The third-order valence-corrected chi connectivity index (χ3v) is 5.58. The summed E-state index contributed by atoms with van der Waals surface area (Å²) in [5.41, 5.74) is 1.67. The van der Waals surface area contributed by atoms with Crippen molar-refractivity contribution < 1.29 is 4.74 Å². The molecule has 0 radical (unpaired) electrons. The van der Waals surface area contributed by atoms with E-state index in [1.807, 2.05) is 0 Å². The minimum Gasteiger partial charge on any atom is -0.478 e. The molecule has 1 aromatic carbocycles. The number of hydrogen-bond acceptors (Lipinski definition) is 2. The van der Waals surface area contributed by atoms with E-state index < -0.39 is 0 Å². The second-order valence-corrected chi connectivity index (χ2v) is 7.74. The van der Waals surface area contributed by atoms with Gasteiger partial charge in [-0.05, 0) is 72.7 Å². The summed E-state index contributed by atoms with van der Waals surface area (Å²) in [4.78, 5) is 4.70. The highest BCUT2D eigenvalue weighted by Gasteiger charge is 2.32. The van der Waals surface area contributed by atoms with Crippen LogP contribution in [0.4, 0.5) is 0 Å². The molecule has 1 aliphatic rings. The Bertz CT molecular complexity index is 518. The Morgan fingerprint density at radius 3 is 2.43 bits per heavy atom. The van der Waals surface area contributed by atoms with Crippen molar-refractivity contribution >= 4 is 28.5 Å². The molecular formula is C18H26INO. The number of ether oxygens (including phenoxy) is 1. The molecule has 0 atom stereocenters. The highest BCUT2D eigenvalue weighted by atomic mass is 127.